The van der Waals surface area contributed by atoms with E-state index in [1.54, 1.807) is 6.07 Å². The second-order valence-corrected chi connectivity index (χ2v) is 6.39. The van der Waals surface area contributed by atoms with Crippen LogP contribution >= 0.6 is 11.6 Å². The zero-order valence-corrected chi connectivity index (χ0v) is 13.5. The highest BCUT2D eigenvalue weighted by Gasteiger charge is 2.32. The van der Waals surface area contributed by atoms with Gasteiger partial charge in [-0.15, -0.1) is 0 Å². The van der Waals surface area contributed by atoms with E-state index in [-0.39, 0.29) is 32.7 Å². The summed E-state index contributed by atoms with van der Waals surface area (Å²) in [4.78, 5) is 0.0165. The van der Waals surface area contributed by atoms with Gasteiger partial charge >= 0.3 is 6.18 Å². The molecule has 122 valence electrons. The molecule has 0 aliphatic rings. The molecule has 0 aliphatic carbocycles. The van der Waals surface area contributed by atoms with Gasteiger partial charge in [-0.3, -0.25) is 4.21 Å². The van der Waals surface area contributed by atoms with E-state index in [4.69, 9.17) is 22.6 Å². The normalized spacial score (nSPS) is 12.9. The minimum absolute atomic E-state index is 0.0165. The average molecular weight is 363 g/mol. The van der Waals surface area contributed by atoms with Gasteiger partial charge in [-0.05, 0) is 24.6 Å². The monoisotopic (exact) mass is 362 g/mol. The molecule has 1 aromatic carbocycles. The zero-order chi connectivity index (χ0) is 17.5. The van der Waals surface area contributed by atoms with Crippen LogP contribution < -0.4 is 5.73 Å². The first-order chi connectivity index (χ1) is 10.6. The molecule has 1 atom stereocenters. The molecule has 23 heavy (non-hydrogen) atoms. The van der Waals surface area contributed by atoms with E-state index in [2.05, 4.69) is 5.10 Å². The van der Waals surface area contributed by atoms with Gasteiger partial charge in [-0.25, -0.2) is 4.68 Å². The summed E-state index contributed by atoms with van der Waals surface area (Å²) < 4.78 is 51.1. The number of nitrogen functional groups attached to an aromatic ring is 1. The lowest BCUT2D eigenvalue weighted by Crippen LogP contribution is -2.10. The Labute approximate surface area is 136 Å². The third-order valence-electron chi connectivity index (χ3n) is 3.06. The number of hydrogen-bond acceptors (Lipinski definition) is 4. The molecule has 0 amide bonds. The third kappa shape index (κ3) is 3.04. The van der Waals surface area contributed by atoms with Crippen molar-refractivity contribution >= 4 is 28.2 Å². The standard InChI is InChI=1S/C13H10ClF3N4OS/c1-6-3-7(13(15,16)17)4-8(14)10(6)21-12(19)11(23(2)22)9(5-18)20-21/h3-4H,19H2,1-2H3. The van der Waals surface area contributed by atoms with Crippen LogP contribution in [0.15, 0.2) is 17.0 Å². The number of nitrogens with two attached hydrogens (primary N) is 1. The first kappa shape index (κ1) is 17.3. The van der Waals surface area contributed by atoms with Crippen LogP contribution in [0.1, 0.15) is 16.8 Å². The molecule has 0 aliphatic heterocycles. The molecule has 0 radical (unpaired) electrons. The van der Waals surface area contributed by atoms with Crippen molar-refractivity contribution in [1.29, 1.82) is 5.26 Å². The van der Waals surface area contributed by atoms with Gasteiger partial charge in [0.15, 0.2) is 5.69 Å². The topological polar surface area (TPSA) is 84.7 Å². The van der Waals surface area contributed by atoms with Crippen LogP contribution in [0.5, 0.6) is 0 Å². The van der Waals surface area contributed by atoms with E-state index < -0.39 is 22.5 Å². The molecule has 10 heteroatoms. The third-order valence-corrected chi connectivity index (χ3v) is 4.33. The Balaban J connectivity index is 2.74. The molecular weight excluding hydrogens is 353 g/mol. The Hall–Kier alpha value is -2.05. The highest BCUT2D eigenvalue weighted by Crippen LogP contribution is 2.36. The first-order valence-electron chi connectivity index (χ1n) is 6.07. The zero-order valence-electron chi connectivity index (χ0n) is 11.9. The number of anilines is 1. The van der Waals surface area contributed by atoms with Crippen molar-refractivity contribution in [3.05, 3.63) is 34.0 Å². The Bertz CT molecular complexity index is 831. The number of halogens is 4. The van der Waals surface area contributed by atoms with E-state index in [0.717, 1.165) is 16.8 Å². The lowest BCUT2D eigenvalue weighted by Gasteiger charge is -2.14. The Morgan fingerprint density at radius 3 is 2.43 bits per heavy atom. The molecule has 0 spiro atoms. The van der Waals surface area contributed by atoms with Crippen molar-refractivity contribution in [2.45, 2.75) is 18.0 Å². The number of alkyl halides is 3. The predicted octanol–water partition coefficient (Wildman–Crippen LogP) is 3.04. The van der Waals surface area contributed by atoms with Gasteiger partial charge in [0, 0.05) is 6.26 Å². The van der Waals surface area contributed by atoms with Crippen molar-refractivity contribution in [3.63, 3.8) is 0 Å². The summed E-state index contributed by atoms with van der Waals surface area (Å²) in [5, 5.41) is 12.7. The molecule has 0 bridgehead atoms. The van der Waals surface area contributed by atoms with E-state index in [1.165, 1.54) is 13.2 Å². The molecular formula is C13H10ClF3N4OS. The summed E-state index contributed by atoms with van der Waals surface area (Å²) in [6.45, 7) is 1.41. The molecule has 5 nitrogen and oxygen atoms in total. The van der Waals surface area contributed by atoms with Gasteiger partial charge in [0.25, 0.3) is 0 Å². The first-order valence-corrected chi connectivity index (χ1v) is 8.01. The van der Waals surface area contributed by atoms with Crippen LogP contribution in [0.3, 0.4) is 0 Å². The second kappa shape index (κ2) is 5.86. The molecule has 2 N–H and O–H groups in total. The minimum Gasteiger partial charge on any atom is -0.383 e. The highest BCUT2D eigenvalue weighted by molar-refractivity contribution is 7.84. The number of aromatic nitrogens is 2. The Kier molecular flexibility index (Phi) is 4.41. The largest absolute Gasteiger partial charge is 0.416 e. The molecule has 0 saturated heterocycles. The molecule has 1 unspecified atom stereocenters. The number of benzene rings is 1. The van der Waals surface area contributed by atoms with E-state index in [0.29, 0.717) is 0 Å². The summed E-state index contributed by atoms with van der Waals surface area (Å²) in [6, 6.07) is 3.40. The Morgan fingerprint density at radius 2 is 2.04 bits per heavy atom. The number of nitrogens with zero attached hydrogens (tertiary/aromatic N) is 3. The predicted molar refractivity (Wildman–Crippen MR) is 79.8 cm³/mol. The van der Waals surface area contributed by atoms with Crippen LogP contribution in [0.2, 0.25) is 5.02 Å². The van der Waals surface area contributed by atoms with Gasteiger partial charge in [0.1, 0.15) is 16.8 Å². The maximum atomic E-state index is 12.8. The van der Waals surface area contributed by atoms with Crippen molar-refractivity contribution in [2.75, 3.05) is 12.0 Å². The Morgan fingerprint density at radius 1 is 1.43 bits per heavy atom. The number of rotatable bonds is 2. The second-order valence-electron chi connectivity index (χ2n) is 4.66. The molecule has 0 fully saturated rings. The molecule has 2 aromatic rings. The van der Waals surface area contributed by atoms with Gasteiger partial charge in [-0.1, -0.05) is 11.6 Å². The van der Waals surface area contributed by atoms with Crippen LogP contribution in [0.4, 0.5) is 19.0 Å². The maximum absolute atomic E-state index is 12.8. The summed E-state index contributed by atoms with van der Waals surface area (Å²) in [5.41, 5.74) is 5.04. The smallest absolute Gasteiger partial charge is 0.383 e. The van der Waals surface area contributed by atoms with E-state index >= 15 is 0 Å². The van der Waals surface area contributed by atoms with Crippen LogP contribution in [-0.2, 0) is 17.0 Å². The van der Waals surface area contributed by atoms with Crippen LogP contribution in [0, 0.1) is 18.3 Å². The van der Waals surface area contributed by atoms with E-state index in [1.807, 2.05) is 0 Å². The lowest BCUT2D eigenvalue weighted by molar-refractivity contribution is -0.137. The fourth-order valence-corrected chi connectivity index (χ4v) is 3.20. The SMILES string of the molecule is Cc1cc(C(F)(F)F)cc(Cl)c1-n1nc(C#N)c(S(C)=O)c1N. The van der Waals surface area contributed by atoms with Crippen molar-refractivity contribution < 1.29 is 17.4 Å². The molecule has 1 heterocycles. The number of nitriles is 1. The average Bonchev–Trinajstić information content (AvgIpc) is 2.74. The molecule has 1 aromatic heterocycles. The summed E-state index contributed by atoms with van der Waals surface area (Å²) in [5.74, 6) is -0.104. The van der Waals surface area contributed by atoms with Crippen LogP contribution in [-0.4, -0.2) is 20.2 Å². The number of aryl methyl sites for hydroxylation is 1. The fraction of sp³-hybridized carbons (Fsp3) is 0.231. The van der Waals surface area contributed by atoms with Crippen molar-refractivity contribution in [1.82, 2.24) is 9.78 Å². The number of hydrogen-bond donors (Lipinski definition) is 1. The van der Waals surface area contributed by atoms with Crippen LogP contribution in [0.25, 0.3) is 5.69 Å². The van der Waals surface area contributed by atoms with Crippen molar-refractivity contribution in [3.8, 4) is 11.8 Å². The van der Waals surface area contributed by atoms with Gasteiger partial charge < -0.3 is 5.73 Å². The highest BCUT2D eigenvalue weighted by atomic mass is 35.5. The molecule has 0 saturated carbocycles. The lowest BCUT2D eigenvalue weighted by atomic mass is 10.1. The summed E-state index contributed by atoms with van der Waals surface area (Å²) in [7, 11) is -1.59. The van der Waals surface area contributed by atoms with Crippen molar-refractivity contribution in [2.24, 2.45) is 0 Å². The van der Waals surface area contributed by atoms with Gasteiger partial charge in [0.05, 0.1) is 27.1 Å². The van der Waals surface area contributed by atoms with Gasteiger partial charge in [0.2, 0.25) is 0 Å². The van der Waals surface area contributed by atoms with Gasteiger partial charge in [-0.2, -0.15) is 23.5 Å². The summed E-state index contributed by atoms with van der Waals surface area (Å²) >= 11 is 5.96. The molecule has 2 rings (SSSR count). The summed E-state index contributed by atoms with van der Waals surface area (Å²) in [6.07, 6.45) is -3.23. The fourth-order valence-electron chi connectivity index (χ4n) is 2.11. The maximum Gasteiger partial charge on any atom is 0.416 e. The quantitative estimate of drug-likeness (QED) is 0.889. The van der Waals surface area contributed by atoms with E-state index in [9.17, 15) is 17.4 Å². The minimum atomic E-state index is -4.55.